The van der Waals surface area contributed by atoms with Crippen LogP contribution in [0.1, 0.15) is 124 Å². The SMILES string of the molecule is CCC(=O)O.CCCCCCCCCCCCCCCCOC(=O)CC. The number of unbranched alkanes of at least 4 members (excludes halogenated alkanes) is 13. The first-order valence-corrected chi connectivity index (χ1v) is 11.0. The van der Waals surface area contributed by atoms with Gasteiger partial charge in [-0.1, -0.05) is 104 Å². The minimum atomic E-state index is -0.745. The van der Waals surface area contributed by atoms with E-state index >= 15 is 0 Å². The molecule has 0 fully saturated rings. The minimum Gasteiger partial charge on any atom is -0.481 e. The molecule has 0 bridgehead atoms. The number of hydrogen-bond donors (Lipinski definition) is 1. The quantitative estimate of drug-likeness (QED) is 0.223. The standard InChI is InChI=1S/C19H38O2.C3H6O2/c1-3-5-6-7-8-9-10-11-12-13-14-15-16-17-18-21-19(20)4-2;1-2-3(4)5/h3-18H2,1-2H3;2H2,1H3,(H,4,5). The maximum Gasteiger partial charge on any atom is 0.305 e. The van der Waals surface area contributed by atoms with E-state index in [4.69, 9.17) is 9.84 Å². The topological polar surface area (TPSA) is 63.6 Å². The van der Waals surface area contributed by atoms with Crippen LogP contribution in [0.4, 0.5) is 0 Å². The summed E-state index contributed by atoms with van der Waals surface area (Å²) in [6.07, 6.45) is 19.7. The molecule has 0 amide bonds. The van der Waals surface area contributed by atoms with Crippen molar-refractivity contribution in [1.82, 2.24) is 0 Å². The van der Waals surface area contributed by atoms with Gasteiger partial charge < -0.3 is 9.84 Å². The minimum absolute atomic E-state index is 0.0651. The number of carboxylic acid groups (broad SMARTS) is 1. The van der Waals surface area contributed by atoms with E-state index in [0.29, 0.717) is 13.0 Å². The van der Waals surface area contributed by atoms with Gasteiger partial charge in [-0.2, -0.15) is 0 Å². The highest BCUT2D eigenvalue weighted by Crippen LogP contribution is 2.12. The zero-order valence-electron chi connectivity index (χ0n) is 17.7. The molecule has 0 spiro atoms. The Labute approximate surface area is 162 Å². The molecular weight excluding hydrogens is 328 g/mol. The van der Waals surface area contributed by atoms with E-state index in [2.05, 4.69) is 6.92 Å². The summed E-state index contributed by atoms with van der Waals surface area (Å²) in [6.45, 7) is 6.33. The van der Waals surface area contributed by atoms with E-state index in [1.54, 1.807) is 6.92 Å². The molecule has 0 aliphatic carbocycles. The first-order valence-electron chi connectivity index (χ1n) is 11.0. The molecule has 4 heteroatoms. The Bertz CT molecular complexity index is 303. The Morgan fingerprint density at radius 1 is 0.615 bits per heavy atom. The summed E-state index contributed by atoms with van der Waals surface area (Å²) in [7, 11) is 0. The number of hydrogen-bond acceptors (Lipinski definition) is 3. The van der Waals surface area contributed by atoms with Crippen LogP contribution in [0.5, 0.6) is 0 Å². The number of carboxylic acids is 1. The lowest BCUT2D eigenvalue weighted by molar-refractivity contribution is -0.143. The van der Waals surface area contributed by atoms with Gasteiger partial charge in [0.15, 0.2) is 0 Å². The lowest BCUT2D eigenvalue weighted by Gasteiger charge is -2.04. The summed E-state index contributed by atoms with van der Waals surface area (Å²) >= 11 is 0. The average Bonchev–Trinajstić information content (AvgIpc) is 2.65. The molecule has 0 atom stereocenters. The maximum absolute atomic E-state index is 10.9. The fourth-order valence-corrected chi connectivity index (χ4v) is 2.58. The first-order chi connectivity index (χ1) is 12.6. The van der Waals surface area contributed by atoms with Crippen LogP contribution < -0.4 is 0 Å². The summed E-state index contributed by atoms with van der Waals surface area (Å²) in [5.41, 5.74) is 0. The molecule has 0 saturated carbocycles. The average molecular weight is 373 g/mol. The van der Waals surface area contributed by atoms with Crippen molar-refractivity contribution < 1.29 is 19.4 Å². The Balaban J connectivity index is 0. The number of aliphatic carboxylic acids is 1. The number of carbonyl (C=O) groups excluding carboxylic acids is 1. The van der Waals surface area contributed by atoms with Gasteiger partial charge in [0, 0.05) is 12.8 Å². The van der Waals surface area contributed by atoms with Crippen LogP contribution in [0.25, 0.3) is 0 Å². The fraction of sp³-hybridized carbons (Fsp3) is 0.909. The predicted octanol–water partition coefficient (Wildman–Crippen LogP) is 6.90. The van der Waals surface area contributed by atoms with Crippen molar-refractivity contribution in [3.05, 3.63) is 0 Å². The van der Waals surface area contributed by atoms with E-state index in [9.17, 15) is 9.59 Å². The zero-order chi connectivity index (χ0) is 19.9. The summed E-state index contributed by atoms with van der Waals surface area (Å²) in [6, 6.07) is 0. The second kappa shape index (κ2) is 23.9. The molecule has 1 N–H and O–H groups in total. The molecule has 0 aromatic rings. The zero-order valence-corrected chi connectivity index (χ0v) is 17.7. The first kappa shape index (κ1) is 27.2. The molecule has 0 unspecified atom stereocenters. The normalized spacial score (nSPS) is 10.1. The molecule has 0 radical (unpaired) electrons. The highest BCUT2D eigenvalue weighted by molar-refractivity contribution is 5.68. The second-order valence-electron chi connectivity index (χ2n) is 6.92. The van der Waals surface area contributed by atoms with Gasteiger partial charge in [-0.05, 0) is 6.42 Å². The number of ether oxygens (including phenoxy) is 1. The third-order valence-corrected chi connectivity index (χ3v) is 4.35. The maximum atomic E-state index is 10.9. The number of rotatable bonds is 17. The molecule has 0 aliphatic rings. The van der Waals surface area contributed by atoms with Gasteiger partial charge in [0.05, 0.1) is 6.61 Å². The van der Waals surface area contributed by atoms with Gasteiger partial charge >= 0.3 is 11.9 Å². The molecule has 0 aromatic heterocycles. The third kappa shape index (κ3) is 27.8. The summed E-state index contributed by atoms with van der Waals surface area (Å²) in [5, 5.41) is 7.72. The molecule has 0 aromatic carbocycles. The van der Waals surface area contributed by atoms with E-state index in [-0.39, 0.29) is 12.4 Å². The van der Waals surface area contributed by atoms with Gasteiger partial charge in [0.2, 0.25) is 0 Å². The van der Waals surface area contributed by atoms with Crippen molar-refractivity contribution in [2.75, 3.05) is 6.61 Å². The van der Waals surface area contributed by atoms with Crippen molar-refractivity contribution in [1.29, 1.82) is 0 Å². The van der Waals surface area contributed by atoms with Gasteiger partial charge in [0.25, 0.3) is 0 Å². The number of esters is 1. The summed E-state index contributed by atoms with van der Waals surface area (Å²) < 4.78 is 5.06. The van der Waals surface area contributed by atoms with Crippen LogP contribution in [0.15, 0.2) is 0 Å². The van der Waals surface area contributed by atoms with E-state index in [0.717, 1.165) is 6.42 Å². The predicted molar refractivity (Wildman–Crippen MR) is 109 cm³/mol. The molecule has 0 aliphatic heterocycles. The van der Waals surface area contributed by atoms with Gasteiger partial charge in [-0.25, -0.2) is 0 Å². The molecule has 156 valence electrons. The highest BCUT2D eigenvalue weighted by atomic mass is 16.5. The molecule has 26 heavy (non-hydrogen) atoms. The lowest BCUT2D eigenvalue weighted by Crippen LogP contribution is -2.03. The van der Waals surface area contributed by atoms with Crippen LogP contribution in [-0.4, -0.2) is 23.7 Å². The third-order valence-electron chi connectivity index (χ3n) is 4.35. The van der Waals surface area contributed by atoms with Crippen LogP contribution >= 0.6 is 0 Å². The van der Waals surface area contributed by atoms with Crippen LogP contribution in [0, 0.1) is 0 Å². The second-order valence-corrected chi connectivity index (χ2v) is 6.92. The molecule has 0 saturated heterocycles. The monoisotopic (exact) mass is 372 g/mol. The van der Waals surface area contributed by atoms with Crippen molar-refractivity contribution in [3.8, 4) is 0 Å². The van der Waals surface area contributed by atoms with Gasteiger partial charge in [-0.15, -0.1) is 0 Å². The molecule has 0 rings (SSSR count). The highest BCUT2D eigenvalue weighted by Gasteiger charge is 1.97. The fourth-order valence-electron chi connectivity index (χ4n) is 2.58. The number of carbonyl (C=O) groups is 2. The van der Waals surface area contributed by atoms with Crippen molar-refractivity contribution in [3.63, 3.8) is 0 Å². The molecule has 4 nitrogen and oxygen atoms in total. The lowest BCUT2D eigenvalue weighted by atomic mass is 10.0. The van der Waals surface area contributed by atoms with E-state index < -0.39 is 5.97 Å². The van der Waals surface area contributed by atoms with E-state index in [1.165, 1.54) is 83.5 Å². The van der Waals surface area contributed by atoms with Crippen LogP contribution in [-0.2, 0) is 14.3 Å². The van der Waals surface area contributed by atoms with Crippen LogP contribution in [0.3, 0.4) is 0 Å². The Hall–Kier alpha value is -1.06. The molecule has 0 heterocycles. The van der Waals surface area contributed by atoms with Gasteiger partial charge in [-0.3, -0.25) is 9.59 Å². The van der Waals surface area contributed by atoms with Crippen molar-refractivity contribution in [2.45, 2.75) is 124 Å². The Morgan fingerprint density at radius 2 is 0.962 bits per heavy atom. The van der Waals surface area contributed by atoms with Crippen molar-refractivity contribution >= 4 is 11.9 Å². The Morgan fingerprint density at radius 3 is 1.27 bits per heavy atom. The van der Waals surface area contributed by atoms with Crippen molar-refractivity contribution in [2.24, 2.45) is 0 Å². The van der Waals surface area contributed by atoms with Gasteiger partial charge in [0.1, 0.15) is 0 Å². The summed E-state index contributed by atoms with van der Waals surface area (Å²) in [5.74, 6) is -0.810. The smallest absolute Gasteiger partial charge is 0.305 e. The Kier molecular flexibility index (Phi) is 25.0. The molecular formula is C22H44O4. The summed E-state index contributed by atoms with van der Waals surface area (Å²) in [4.78, 5) is 20.3. The van der Waals surface area contributed by atoms with Crippen LogP contribution in [0.2, 0.25) is 0 Å². The van der Waals surface area contributed by atoms with E-state index in [1.807, 2.05) is 6.92 Å². The largest absolute Gasteiger partial charge is 0.481 e.